The first-order chi connectivity index (χ1) is 14.0. The van der Waals surface area contributed by atoms with E-state index in [1.165, 1.54) is 12.1 Å². The molecule has 1 saturated heterocycles. The minimum atomic E-state index is -3.70. The summed E-state index contributed by atoms with van der Waals surface area (Å²) in [4.78, 5) is 14.8. The molecule has 2 aromatic rings. The summed E-state index contributed by atoms with van der Waals surface area (Å²) in [5.41, 5.74) is 1.20. The largest absolute Gasteiger partial charge is 0.379 e. The van der Waals surface area contributed by atoms with Crippen LogP contribution in [0, 0.1) is 0 Å². The normalized spacial score (nSPS) is 15.2. The summed E-state index contributed by atoms with van der Waals surface area (Å²) in [5, 5.41) is 2.86. The molecule has 1 aliphatic rings. The lowest BCUT2D eigenvalue weighted by atomic mass is 10.2. The van der Waals surface area contributed by atoms with Crippen molar-refractivity contribution in [3.63, 3.8) is 0 Å². The second kappa shape index (κ2) is 10.5. The van der Waals surface area contributed by atoms with Crippen molar-refractivity contribution >= 4 is 15.9 Å². The quantitative estimate of drug-likeness (QED) is 0.606. The third kappa shape index (κ3) is 6.64. The molecule has 0 unspecified atom stereocenters. The van der Waals surface area contributed by atoms with Gasteiger partial charge >= 0.3 is 0 Å². The first-order valence-electron chi connectivity index (χ1n) is 9.76. The average Bonchev–Trinajstić information content (AvgIpc) is 2.77. The summed E-state index contributed by atoms with van der Waals surface area (Å²) >= 11 is 0. The predicted molar refractivity (Wildman–Crippen MR) is 111 cm³/mol. The summed E-state index contributed by atoms with van der Waals surface area (Å²) in [6.07, 6.45) is 0.836. The molecule has 0 atom stereocenters. The summed E-state index contributed by atoms with van der Waals surface area (Å²) in [5.74, 6) is -0.271. The van der Waals surface area contributed by atoms with Crippen LogP contribution in [0.25, 0.3) is 0 Å². The van der Waals surface area contributed by atoms with E-state index in [0.29, 0.717) is 12.1 Å². The molecule has 29 heavy (non-hydrogen) atoms. The third-order valence-electron chi connectivity index (χ3n) is 4.76. The van der Waals surface area contributed by atoms with Gasteiger partial charge in [-0.3, -0.25) is 9.69 Å². The molecule has 1 amide bonds. The van der Waals surface area contributed by atoms with Crippen LogP contribution in [0.4, 0.5) is 0 Å². The average molecular weight is 418 g/mol. The molecule has 2 N–H and O–H groups in total. The van der Waals surface area contributed by atoms with Gasteiger partial charge in [0.2, 0.25) is 10.0 Å². The van der Waals surface area contributed by atoms with E-state index >= 15 is 0 Å². The number of rotatable bonds is 9. The van der Waals surface area contributed by atoms with E-state index in [1.54, 1.807) is 12.1 Å². The van der Waals surface area contributed by atoms with Crippen LogP contribution in [0.2, 0.25) is 0 Å². The van der Waals surface area contributed by atoms with Crippen molar-refractivity contribution in [2.45, 2.75) is 17.9 Å². The summed E-state index contributed by atoms with van der Waals surface area (Å²) in [6, 6.07) is 15.4. The summed E-state index contributed by atoms with van der Waals surface area (Å²) in [7, 11) is -3.70. The Bertz CT molecular complexity index is 897. The molecule has 1 heterocycles. The second-order valence-electron chi connectivity index (χ2n) is 6.90. The van der Waals surface area contributed by atoms with E-state index in [1.807, 2.05) is 30.3 Å². The standard InChI is InChI=1S/C21H27N3O4S/c25-21(22-10-5-11-24-12-14-28-15-13-24)19-8-4-9-20(16-19)29(26,27)23-17-18-6-2-1-3-7-18/h1-4,6-9,16,23H,5,10-15,17H2,(H,22,25). The highest BCUT2D eigenvalue weighted by atomic mass is 32.2. The second-order valence-corrected chi connectivity index (χ2v) is 8.67. The maximum Gasteiger partial charge on any atom is 0.251 e. The smallest absolute Gasteiger partial charge is 0.251 e. The maximum absolute atomic E-state index is 12.6. The highest BCUT2D eigenvalue weighted by Gasteiger charge is 2.16. The molecule has 0 bridgehead atoms. The van der Waals surface area contributed by atoms with Gasteiger partial charge in [-0.2, -0.15) is 0 Å². The van der Waals surface area contributed by atoms with E-state index in [4.69, 9.17) is 4.74 Å². The molecule has 8 heteroatoms. The number of hydrogen-bond donors (Lipinski definition) is 2. The fourth-order valence-electron chi connectivity index (χ4n) is 3.09. The van der Waals surface area contributed by atoms with Crippen LogP contribution < -0.4 is 10.0 Å². The van der Waals surface area contributed by atoms with Crippen molar-refractivity contribution in [3.05, 3.63) is 65.7 Å². The van der Waals surface area contributed by atoms with Crippen molar-refractivity contribution < 1.29 is 17.9 Å². The van der Waals surface area contributed by atoms with Crippen molar-refractivity contribution in [3.8, 4) is 0 Å². The van der Waals surface area contributed by atoms with E-state index < -0.39 is 10.0 Å². The van der Waals surface area contributed by atoms with Gasteiger partial charge in [-0.15, -0.1) is 0 Å². The number of nitrogens with zero attached hydrogens (tertiary/aromatic N) is 1. The molecule has 3 rings (SSSR count). The number of amides is 1. The van der Waals surface area contributed by atoms with Crippen molar-refractivity contribution in [1.82, 2.24) is 14.9 Å². The van der Waals surface area contributed by atoms with Gasteiger partial charge < -0.3 is 10.1 Å². The number of hydrogen-bond acceptors (Lipinski definition) is 5. The first kappa shape index (κ1) is 21.4. The SMILES string of the molecule is O=C(NCCCN1CCOCC1)c1cccc(S(=O)(=O)NCc2ccccc2)c1. The van der Waals surface area contributed by atoms with Gasteiger partial charge in [-0.25, -0.2) is 13.1 Å². The molecule has 0 saturated carbocycles. The lowest BCUT2D eigenvalue weighted by Crippen LogP contribution is -2.38. The predicted octanol–water partition coefficient (Wildman–Crippen LogP) is 1.62. The zero-order valence-electron chi connectivity index (χ0n) is 16.3. The summed E-state index contributed by atoms with van der Waals surface area (Å²) in [6.45, 7) is 4.99. The Kier molecular flexibility index (Phi) is 7.76. The molecule has 1 fully saturated rings. The Morgan fingerprint density at radius 1 is 1.03 bits per heavy atom. The van der Waals surface area contributed by atoms with Crippen LogP contribution in [-0.4, -0.2) is 58.6 Å². The Hall–Kier alpha value is -2.26. The number of nitrogens with one attached hydrogen (secondary N) is 2. The Labute approximate surface area is 172 Å². The molecule has 0 spiro atoms. The zero-order chi connectivity index (χ0) is 20.5. The van der Waals surface area contributed by atoms with Crippen LogP contribution in [-0.2, 0) is 21.3 Å². The number of carbonyl (C=O) groups excluding carboxylic acids is 1. The molecule has 7 nitrogen and oxygen atoms in total. The van der Waals surface area contributed by atoms with E-state index in [9.17, 15) is 13.2 Å². The molecular weight excluding hydrogens is 390 g/mol. The zero-order valence-corrected chi connectivity index (χ0v) is 17.2. The maximum atomic E-state index is 12.6. The van der Waals surface area contributed by atoms with Gasteiger partial charge in [0, 0.05) is 31.7 Å². The van der Waals surface area contributed by atoms with E-state index in [0.717, 1.165) is 44.8 Å². The number of carbonyl (C=O) groups is 1. The molecule has 2 aromatic carbocycles. The van der Waals surface area contributed by atoms with Crippen molar-refractivity contribution in [2.24, 2.45) is 0 Å². The third-order valence-corrected chi connectivity index (χ3v) is 6.15. The molecule has 0 radical (unpaired) electrons. The van der Waals surface area contributed by atoms with Gasteiger partial charge in [0.05, 0.1) is 18.1 Å². The van der Waals surface area contributed by atoms with Gasteiger partial charge in [0.25, 0.3) is 5.91 Å². The topological polar surface area (TPSA) is 87.7 Å². The van der Waals surface area contributed by atoms with Crippen LogP contribution >= 0.6 is 0 Å². The van der Waals surface area contributed by atoms with Crippen LogP contribution in [0.1, 0.15) is 22.3 Å². The lowest BCUT2D eigenvalue weighted by Gasteiger charge is -2.26. The monoisotopic (exact) mass is 417 g/mol. The van der Waals surface area contributed by atoms with Crippen LogP contribution in [0.3, 0.4) is 0 Å². The van der Waals surface area contributed by atoms with Gasteiger partial charge in [-0.05, 0) is 36.7 Å². The fraction of sp³-hybridized carbons (Fsp3) is 0.381. The fourth-order valence-corrected chi connectivity index (χ4v) is 4.16. The number of morpholine rings is 1. The van der Waals surface area contributed by atoms with E-state index in [2.05, 4.69) is 14.9 Å². The molecule has 156 valence electrons. The molecular formula is C21H27N3O4S. The van der Waals surface area contributed by atoms with Gasteiger partial charge in [0.1, 0.15) is 0 Å². The Morgan fingerprint density at radius 2 is 1.79 bits per heavy atom. The van der Waals surface area contributed by atoms with Gasteiger partial charge in [0.15, 0.2) is 0 Å². The van der Waals surface area contributed by atoms with Crippen LogP contribution in [0.5, 0.6) is 0 Å². The molecule has 1 aliphatic heterocycles. The van der Waals surface area contributed by atoms with Crippen molar-refractivity contribution in [1.29, 1.82) is 0 Å². The lowest BCUT2D eigenvalue weighted by molar-refractivity contribution is 0.0374. The number of benzene rings is 2. The number of ether oxygens (including phenoxy) is 1. The Morgan fingerprint density at radius 3 is 2.55 bits per heavy atom. The molecule has 0 aromatic heterocycles. The van der Waals surface area contributed by atoms with E-state index in [-0.39, 0.29) is 17.3 Å². The highest BCUT2D eigenvalue weighted by Crippen LogP contribution is 2.12. The van der Waals surface area contributed by atoms with Crippen LogP contribution in [0.15, 0.2) is 59.5 Å². The highest BCUT2D eigenvalue weighted by molar-refractivity contribution is 7.89. The molecule has 0 aliphatic carbocycles. The number of sulfonamides is 1. The van der Waals surface area contributed by atoms with Gasteiger partial charge in [-0.1, -0.05) is 36.4 Å². The Balaban J connectivity index is 1.51. The summed E-state index contributed by atoms with van der Waals surface area (Å²) < 4.78 is 33.0. The van der Waals surface area contributed by atoms with Crippen molar-refractivity contribution in [2.75, 3.05) is 39.4 Å². The minimum Gasteiger partial charge on any atom is -0.379 e. The minimum absolute atomic E-state index is 0.0781. The first-order valence-corrected chi connectivity index (χ1v) is 11.2.